The maximum absolute atomic E-state index is 12.0. The summed E-state index contributed by atoms with van der Waals surface area (Å²) in [5.41, 5.74) is 6.67. The molecule has 1 aromatic carbocycles. The van der Waals surface area contributed by atoms with E-state index in [-0.39, 0.29) is 18.7 Å². The maximum atomic E-state index is 12.0. The summed E-state index contributed by atoms with van der Waals surface area (Å²) in [4.78, 5) is 14.1. The smallest absolute Gasteiger partial charge is 0.238 e. The number of hydrogen-bond donors (Lipinski definition) is 2. The highest BCUT2D eigenvalue weighted by atomic mass is 16.7. The third-order valence-corrected chi connectivity index (χ3v) is 3.77. The van der Waals surface area contributed by atoms with Gasteiger partial charge in [0.25, 0.3) is 0 Å². The summed E-state index contributed by atoms with van der Waals surface area (Å²) in [6.45, 7) is 4.36. The molecule has 2 atom stereocenters. The molecular formula is C14H19N3O3. The molecule has 6 nitrogen and oxygen atoms in total. The van der Waals surface area contributed by atoms with Crippen LogP contribution in [0, 0.1) is 5.92 Å². The molecule has 6 heteroatoms. The van der Waals surface area contributed by atoms with Crippen LogP contribution in [0.3, 0.4) is 0 Å². The van der Waals surface area contributed by atoms with Gasteiger partial charge in [-0.15, -0.1) is 0 Å². The lowest BCUT2D eigenvalue weighted by Crippen LogP contribution is -2.33. The molecule has 0 radical (unpaired) electrons. The molecule has 0 aliphatic carbocycles. The average Bonchev–Trinajstić information content (AvgIpc) is 2.96. The minimum absolute atomic E-state index is 0.0369. The van der Waals surface area contributed by atoms with Crippen molar-refractivity contribution in [3.8, 4) is 11.5 Å². The molecule has 0 aromatic heterocycles. The molecule has 20 heavy (non-hydrogen) atoms. The van der Waals surface area contributed by atoms with E-state index in [1.807, 2.05) is 6.07 Å². The Labute approximate surface area is 117 Å². The van der Waals surface area contributed by atoms with E-state index in [0.29, 0.717) is 24.0 Å². The number of nitrogens with two attached hydrogens (primary N) is 1. The second-order valence-electron chi connectivity index (χ2n) is 5.45. The fourth-order valence-corrected chi connectivity index (χ4v) is 2.60. The first-order valence-electron chi connectivity index (χ1n) is 6.79. The molecule has 1 aromatic rings. The van der Waals surface area contributed by atoms with Gasteiger partial charge in [0.2, 0.25) is 12.7 Å². The first-order chi connectivity index (χ1) is 9.61. The van der Waals surface area contributed by atoms with Crippen molar-refractivity contribution in [2.45, 2.75) is 13.0 Å². The molecule has 2 unspecified atom stereocenters. The lowest BCUT2D eigenvalue weighted by atomic mass is 10.1. The zero-order valence-electron chi connectivity index (χ0n) is 11.5. The van der Waals surface area contributed by atoms with Gasteiger partial charge in [0.1, 0.15) is 0 Å². The van der Waals surface area contributed by atoms with Crippen molar-refractivity contribution in [1.82, 2.24) is 4.90 Å². The summed E-state index contributed by atoms with van der Waals surface area (Å²) in [7, 11) is 0. The number of amides is 1. The molecule has 2 heterocycles. The Morgan fingerprint density at radius 3 is 2.95 bits per heavy atom. The van der Waals surface area contributed by atoms with Gasteiger partial charge in [0, 0.05) is 30.9 Å². The molecule has 1 saturated heterocycles. The van der Waals surface area contributed by atoms with Crippen molar-refractivity contribution in [2.24, 2.45) is 11.7 Å². The van der Waals surface area contributed by atoms with E-state index in [1.165, 1.54) is 0 Å². The van der Waals surface area contributed by atoms with Gasteiger partial charge in [-0.2, -0.15) is 0 Å². The molecule has 0 bridgehead atoms. The number of ether oxygens (including phenoxy) is 2. The Balaban J connectivity index is 1.57. The Hall–Kier alpha value is -1.79. The second kappa shape index (κ2) is 5.30. The van der Waals surface area contributed by atoms with Crippen molar-refractivity contribution in [2.75, 3.05) is 31.7 Å². The van der Waals surface area contributed by atoms with E-state index in [4.69, 9.17) is 15.2 Å². The summed E-state index contributed by atoms with van der Waals surface area (Å²) in [5, 5.41) is 2.87. The highest BCUT2D eigenvalue weighted by Crippen LogP contribution is 2.34. The summed E-state index contributed by atoms with van der Waals surface area (Å²) in [6, 6.07) is 5.54. The fourth-order valence-electron chi connectivity index (χ4n) is 2.60. The topological polar surface area (TPSA) is 76.8 Å². The third-order valence-electron chi connectivity index (χ3n) is 3.77. The monoisotopic (exact) mass is 277 g/mol. The first-order valence-corrected chi connectivity index (χ1v) is 6.79. The number of carbonyl (C=O) groups excluding carboxylic acids is 1. The lowest BCUT2D eigenvalue weighted by Gasteiger charge is -2.14. The van der Waals surface area contributed by atoms with E-state index in [2.05, 4.69) is 17.1 Å². The zero-order valence-corrected chi connectivity index (χ0v) is 11.5. The molecule has 3 N–H and O–H groups in total. The second-order valence-corrected chi connectivity index (χ2v) is 5.45. The number of hydrogen-bond acceptors (Lipinski definition) is 5. The minimum Gasteiger partial charge on any atom is -0.454 e. The van der Waals surface area contributed by atoms with Gasteiger partial charge in [-0.3, -0.25) is 9.69 Å². The van der Waals surface area contributed by atoms with Gasteiger partial charge in [-0.05, 0) is 18.1 Å². The first kappa shape index (κ1) is 13.2. The predicted molar refractivity (Wildman–Crippen MR) is 74.8 cm³/mol. The lowest BCUT2D eigenvalue weighted by molar-refractivity contribution is -0.117. The number of fused-ring (bicyclic) bond motifs is 1. The van der Waals surface area contributed by atoms with Crippen LogP contribution in [0.25, 0.3) is 0 Å². The van der Waals surface area contributed by atoms with E-state index >= 15 is 0 Å². The zero-order chi connectivity index (χ0) is 14.1. The van der Waals surface area contributed by atoms with Crippen molar-refractivity contribution >= 4 is 11.6 Å². The molecule has 2 aliphatic heterocycles. The van der Waals surface area contributed by atoms with Crippen LogP contribution in [0.2, 0.25) is 0 Å². The van der Waals surface area contributed by atoms with Gasteiger partial charge < -0.3 is 20.5 Å². The predicted octanol–water partition coefficient (Wildman–Crippen LogP) is 0.633. The van der Waals surface area contributed by atoms with Gasteiger partial charge in [-0.25, -0.2) is 0 Å². The number of nitrogens with one attached hydrogen (secondary N) is 1. The highest BCUT2D eigenvalue weighted by Gasteiger charge is 2.27. The average molecular weight is 277 g/mol. The summed E-state index contributed by atoms with van der Waals surface area (Å²) in [5.74, 6) is 1.78. The number of nitrogens with zero attached hydrogens (tertiary/aromatic N) is 1. The maximum Gasteiger partial charge on any atom is 0.238 e. The molecule has 0 spiro atoms. The summed E-state index contributed by atoms with van der Waals surface area (Å²) < 4.78 is 10.5. The fraction of sp³-hybridized carbons (Fsp3) is 0.500. The van der Waals surface area contributed by atoms with Crippen LogP contribution in [0.5, 0.6) is 11.5 Å². The number of benzene rings is 1. The number of rotatable bonds is 3. The van der Waals surface area contributed by atoms with Crippen molar-refractivity contribution in [1.29, 1.82) is 0 Å². The van der Waals surface area contributed by atoms with Gasteiger partial charge in [-0.1, -0.05) is 6.92 Å². The van der Waals surface area contributed by atoms with Crippen LogP contribution in [-0.4, -0.2) is 43.3 Å². The summed E-state index contributed by atoms with van der Waals surface area (Å²) in [6.07, 6.45) is 0. The Kier molecular flexibility index (Phi) is 3.50. The van der Waals surface area contributed by atoms with Crippen LogP contribution < -0.4 is 20.5 Å². The van der Waals surface area contributed by atoms with Crippen LogP contribution in [0.4, 0.5) is 5.69 Å². The standard InChI is InChI=1S/C14H19N3O3/c1-9-5-17(6-11(9)15)7-14(18)16-10-2-3-12-13(4-10)20-8-19-12/h2-4,9,11H,5-8,15H2,1H3,(H,16,18). The Morgan fingerprint density at radius 1 is 1.40 bits per heavy atom. The Bertz CT molecular complexity index is 510. The van der Waals surface area contributed by atoms with Crippen LogP contribution >= 0.6 is 0 Å². The van der Waals surface area contributed by atoms with E-state index in [0.717, 1.165) is 18.8 Å². The SMILES string of the molecule is CC1CN(CC(=O)Nc2ccc3c(c2)OCO3)CC1N. The van der Waals surface area contributed by atoms with Crippen molar-refractivity contribution in [3.63, 3.8) is 0 Å². The number of carbonyl (C=O) groups is 1. The molecule has 2 aliphatic rings. The molecule has 3 rings (SSSR count). The number of likely N-dealkylation sites (tertiary alicyclic amines) is 1. The van der Waals surface area contributed by atoms with Gasteiger partial charge in [0.15, 0.2) is 11.5 Å². The van der Waals surface area contributed by atoms with Crippen molar-refractivity contribution in [3.05, 3.63) is 18.2 Å². The van der Waals surface area contributed by atoms with Gasteiger partial charge in [0.05, 0.1) is 6.54 Å². The molecule has 0 saturated carbocycles. The van der Waals surface area contributed by atoms with E-state index in [1.54, 1.807) is 12.1 Å². The van der Waals surface area contributed by atoms with Crippen molar-refractivity contribution < 1.29 is 14.3 Å². The minimum atomic E-state index is -0.0369. The van der Waals surface area contributed by atoms with Crippen LogP contribution in [-0.2, 0) is 4.79 Å². The molecule has 1 fully saturated rings. The largest absolute Gasteiger partial charge is 0.454 e. The molecule has 1 amide bonds. The van der Waals surface area contributed by atoms with E-state index in [9.17, 15) is 4.79 Å². The highest BCUT2D eigenvalue weighted by molar-refractivity contribution is 5.92. The quantitative estimate of drug-likeness (QED) is 0.847. The Morgan fingerprint density at radius 2 is 2.20 bits per heavy atom. The third kappa shape index (κ3) is 2.71. The van der Waals surface area contributed by atoms with Crippen LogP contribution in [0.15, 0.2) is 18.2 Å². The van der Waals surface area contributed by atoms with Crippen LogP contribution in [0.1, 0.15) is 6.92 Å². The van der Waals surface area contributed by atoms with Gasteiger partial charge >= 0.3 is 0 Å². The molecular weight excluding hydrogens is 258 g/mol. The van der Waals surface area contributed by atoms with E-state index < -0.39 is 0 Å². The summed E-state index contributed by atoms with van der Waals surface area (Å²) >= 11 is 0. The molecule has 108 valence electrons. The number of anilines is 1. The normalized spacial score (nSPS) is 24.9.